The molecule has 0 saturated carbocycles. The summed E-state index contributed by atoms with van der Waals surface area (Å²) in [5.74, 6) is 0.0491. The lowest BCUT2D eigenvalue weighted by Crippen LogP contribution is -2.18. The first-order valence-electron chi connectivity index (χ1n) is 7.00. The van der Waals surface area contributed by atoms with Crippen LogP contribution in [0.3, 0.4) is 0 Å². The highest BCUT2D eigenvalue weighted by Crippen LogP contribution is 2.17. The SMILES string of the molecule is CNCCCC(=O)Nc1ccnn1Cc1ccc(Cl)c(F)c1.Cl. The largest absolute Gasteiger partial charge is 0.320 e. The molecule has 0 fully saturated rings. The summed E-state index contributed by atoms with van der Waals surface area (Å²) in [6.45, 7) is 1.14. The van der Waals surface area contributed by atoms with Crippen molar-refractivity contribution in [3.05, 3.63) is 46.9 Å². The average Bonchev–Trinajstić information content (AvgIpc) is 2.90. The fraction of sp³-hybridized carbons (Fsp3) is 0.333. The number of carbonyl (C=O) groups excluding carboxylic acids is 1. The Morgan fingerprint density at radius 1 is 1.39 bits per heavy atom. The number of rotatable bonds is 7. The Balaban J connectivity index is 0.00000264. The second-order valence-electron chi connectivity index (χ2n) is 4.88. The topological polar surface area (TPSA) is 59.0 Å². The van der Waals surface area contributed by atoms with Crippen molar-refractivity contribution in [2.75, 3.05) is 18.9 Å². The van der Waals surface area contributed by atoms with E-state index in [0.717, 1.165) is 18.5 Å². The number of aromatic nitrogens is 2. The molecular formula is C15H19Cl2FN4O. The number of hydrogen-bond donors (Lipinski definition) is 2. The summed E-state index contributed by atoms with van der Waals surface area (Å²) in [7, 11) is 1.85. The van der Waals surface area contributed by atoms with Crippen LogP contribution in [0.5, 0.6) is 0 Å². The van der Waals surface area contributed by atoms with Gasteiger partial charge in [-0.1, -0.05) is 17.7 Å². The Hall–Kier alpha value is -1.63. The standard InChI is InChI=1S/C15H18ClFN4O.ClH/c1-18-7-2-3-15(22)20-14-6-8-19-21(14)10-11-4-5-12(16)13(17)9-11;/h4-6,8-9,18H,2-3,7,10H2,1H3,(H,20,22);1H. The predicted molar refractivity (Wildman–Crippen MR) is 91.8 cm³/mol. The van der Waals surface area contributed by atoms with Gasteiger partial charge in [-0.15, -0.1) is 12.4 Å². The van der Waals surface area contributed by atoms with E-state index in [0.29, 0.717) is 18.8 Å². The van der Waals surface area contributed by atoms with Crippen LogP contribution in [0, 0.1) is 5.82 Å². The van der Waals surface area contributed by atoms with Gasteiger partial charge in [0.15, 0.2) is 0 Å². The molecule has 1 aromatic heterocycles. The van der Waals surface area contributed by atoms with Crippen LogP contribution in [-0.4, -0.2) is 29.3 Å². The molecule has 2 aromatic rings. The number of amides is 1. The van der Waals surface area contributed by atoms with Crippen molar-refractivity contribution in [1.29, 1.82) is 0 Å². The molecule has 0 atom stereocenters. The molecule has 5 nitrogen and oxygen atoms in total. The highest BCUT2D eigenvalue weighted by atomic mass is 35.5. The van der Waals surface area contributed by atoms with Crippen molar-refractivity contribution < 1.29 is 9.18 Å². The van der Waals surface area contributed by atoms with Gasteiger partial charge < -0.3 is 10.6 Å². The zero-order valence-corrected chi connectivity index (χ0v) is 14.3. The van der Waals surface area contributed by atoms with E-state index in [1.807, 2.05) is 7.05 Å². The Bertz CT molecular complexity index is 648. The van der Waals surface area contributed by atoms with Gasteiger partial charge in [0, 0.05) is 12.5 Å². The summed E-state index contributed by atoms with van der Waals surface area (Å²) in [6, 6.07) is 6.31. The van der Waals surface area contributed by atoms with Gasteiger partial charge in [0.25, 0.3) is 0 Å². The van der Waals surface area contributed by atoms with Crippen LogP contribution in [0.2, 0.25) is 5.02 Å². The minimum Gasteiger partial charge on any atom is -0.320 e. The molecule has 0 spiro atoms. The Morgan fingerprint density at radius 2 is 2.17 bits per heavy atom. The molecule has 23 heavy (non-hydrogen) atoms. The highest BCUT2D eigenvalue weighted by Gasteiger charge is 2.09. The van der Waals surface area contributed by atoms with Gasteiger partial charge in [-0.05, 0) is 37.7 Å². The van der Waals surface area contributed by atoms with Crippen molar-refractivity contribution >= 4 is 35.7 Å². The summed E-state index contributed by atoms with van der Waals surface area (Å²) < 4.78 is 15.1. The summed E-state index contributed by atoms with van der Waals surface area (Å²) in [6.07, 6.45) is 2.79. The molecule has 1 heterocycles. The van der Waals surface area contributed by atoms with Crippen LogP contribution in [0.4, 0.5) is 10.2 Å². The fourth-order valence-corrected chi connectivity index (χ4v) is 2.12. The first-order valence-corrected chi connectivity index (χ1v) is 7.38. The van der Waals surface area contributed by atoms with Crippen molar-refractivity contribution in [3.63, 3.8) is 0 Å². The molecule has 0 aliphatic heterocycles. The minimum atomic E-state index is -0.469. The number of anilines is 1. The summed E-state index contributed by atoms with van der Waals surface area (Å²) in [4.78, 5) is 11.8. The second-order valence-corrected chi connectivity index (χ2v) is 5.29. The maximum atomic E-state index is 13.5. The van der Waals surface area contributed by atoms with Crippen LogP contribution >= 0.6 is 24.0 Å². The molecule has 2 rings (SSSR count). The molecule has 2 N–H and O–H groups in total. The lowest BCUT2D eigenvalue weighted by atomic mass is 10.2. The van der Waals surface area contributed by atoms with E-state index in [9.17, 15) is 9.18 Å². The third-order valence-electron chi connectivity index (χ3n) is 3.13. The third kappa shape index (κ3) is 5.82. The summed E-state index contributed by atoms with van der Waals surface area (Å²) in [5, 5.41) is 10.0. The summed E-state index contributed by atoms with van der Waals surface area (Å²) in [5.41, 5.74) is 0.719. The van der Waals surface area contributed by atoms with Crippen LogP contribution in [0.15, 0.2) is 30.5 Å². The maximum absolute atomic E-state index is 13.5. The van der Waals surface area contributed by atoms with Gasteiger partial charge in [-0.2, -0.15) is 5.10 Å². The van der Waals surface area contributed by atoms with E-state index in [1.54, 1.807) is 23.0 Å². The number of benzene rings is 1. The van der Waals surface area contributed by atoms with Crippen molar-refractivity contribution in [3.8, 4) is 0 Å². The normalized spacial score (nSPS) is 10.2. The number of nitrogens with zero attached hydrogens (tertiary/aromatic N) is 2. The van der Waals surface area contributed by atoms with Crippen LogP contribution in [0.1, 0.15) is 18.4 Å². The lowest BCUT2D eigenvalue weighted by Gasteiger charge is -2.09. The van der Waals surface area contributed by atoms with Gasteiger partial charge >= 0.3 is 0 Å². The van der Waals surface area contributed by atoms with Crippen LogP contribution < -0.4 is 10.6 Å². The molecule has 0 aliphatic carbocycles. The van der Waals surface area contributed by atoms with E-state index >= 15 is 0 Å². The van der Waals surface area contributed by atoms with E-state index < -0.39 is 5.82 Å². The predicted octanol–water partition coefficient (Wildman–Crippen LogP) is 3.08. The zero-order valence-electron chi connectivity index (χ0n) is 12.7. The van der Waals surface area contributed by atoms with E-state index in [1.165, 1.54) is 12.1 Å². The van der Waals surface area contributed by atoms with Gasteiger partial charge in [0.2, 0.25) is 5.91 Å². The minimum absolute atomic E-state index is 0. The van der Waals surface area contributed by atoms with Crippen molar-refractivity contribution in [2.45, 2.75) is 19.4 Å². The Kier molecular flexibility index (Phi) is 8.02. The first kappa shape index (κ1) is 19.4. The monoisotopic (exact) mass is 360 g/mol. The molecule has 0 unspecified atom stereocenters. The molecule has 0 radical (unpaired) electrons. The molecule has 0 saturated heterocycles. The van der Waals surface area contributed by atoms with Gasteiger partial charge in [-0.25, -0.2) is 9.07 Å². The summed E-state index contributed by atoms with van der Waals surface area (Å²) >= 11 is 5.66. The quantitative estimate of drug-likeness (QED) is 0.746. The number of halogens is 3. The average molecular weight is 361 g/mol. The third-order valence-corrected chi connectivity index (χ3v) is 3.44. The molecule has 1 amide bonds. The molecule has 0 aliphatic rings. The number of carbonyl (C=O) groups is 1. The second kappa shape index (κ2) is 9.50. The zero-order chi connectivity index (χ0) is 15.9. The number of hydrogen-bond acceptors (Lipinski definition) is 3. The first-order chi connectivity index (χ1) is 10.6. The smallest absolute Gasteiger partial charge is 0.225 e. The van der Waals surface area contributed by atoms with Crippen LogP contribution in [-0.2, 0) is 11.3 Å². The Morgan fingerprint density at radius 3 is 2.87 bits per heavy atom. The fourth-order valence-electron chi connectivity index (χ4n) is 2.01. The Labute approximate surface area is 145 Å². The molecular weight excluding hydrogens is 342 g/mol. The van der Waals surface area contributed by atoms with Crippen LogP contribution in [0.25, 0.3) is 0 Å². The van der Waals surface area contributed by atoms with Gasteiger partial charge in [0.05, 0.1) is 17.8 Å². The van der Waals surface area contributed by atoms with E-state index in [-0.39, 0.29) is 23.3 Å². The van der Waals surface area contributed by atoms with E-state index in [4.69, 9.17) is 11.6 Å². The molecule has 1 aromatic carbocycles. The maximum Gasteiger partial charge on any atom is 0.225 e. The van der Waals surface area contributed by atoms with Crippen molar-refractivity contribution in [2.24, 2.45) is 0 Å². The molecule has 0 bridgehead atoms. The molecule has 8 heteroatoms. The molecule has 126 valence electrons. The highest BCUT2D eigenvalue weighted by molar-refractivity contribution is 6.30. The lowest BCUT2D eigenvalue weighted by molar-refractivity contribution is -0.116. The van der Waals surface area contributed by atoms with Gasteiger partial charge in [0.1, 0.15) is 11.6 Å². The van der Waals surface area contributed by atoms with Crippen molar-refractivity contribution in [1.82, 2.24) is 15.1 Å². The van der Waals surface area contributed by atoms with Gasteiger partial charge in [-0.3, -0.25) is 4.79 Å². The number of nitrogens with one attached hydrogen (secondary N) is 2. The van der Waals surface area contributed by atoms with E-state index in [2.05, 4.69) is 15.7 Å².